The summed E-state index contributed by atoms with van der Waals surface area (Å²) in [5.74, 6) is 0. The van der Waals surface area contributed by atoms with E-state index >= 15 is 0 Å². The lowest BCUT2D eigenvalue weighted by Gasteiger charge is -2.34. The van der Waals surface area contributed by atoms with Crippen molar-refractivity contribution < 1.29 is 4.74 Å². The summed E-state index contributed by atoms with van der Waals surface area (Å²) in [7, 11) is 0. The van der Waals surface area contributed by atoms with Crippen LogP contribution in [0.5, 0.6) is 0 Å². The summed E-state index contributed by atoms with van der Waals surface area (Å²) in [5.41, 5.74) is 4.11. The Hall–Kier alpha value is -0.420. The molecular formula is C17H25NOS2. The van der Waals surface area contributed by atoms with E-state index in [4.69, 9.17) is 4.74 Å². The van der Waals surface area contributed by atoms with E-state index < -0.39 is 0 Å². The quantitative estimate of drug-likeness (QED) is 0.808. The summed E-state index contributed by atoms with van der Waals surface area (Å²) < 4.78 is 6.91. The van der Waals surface area contributed by atoms with Crippen molar-refractivity contribution >= 4 is 29.1 Å². The second-order valence-corrected chi connectivity index (χ2v) is 7.19. The summed E-state index contributed by atoms with van der Waals surface area (Å²) in [6.45, 7) is 8.20. The molecule has 0 bridgehead atoms. The van der Waals surface area contributed by atoms with Gasteiger partial charge in [0.15, 0.2) is 0 Å². The molecule has 1 aromatic carbocycles. The molecule has 1 saturated heterocycles. The van der Waals surface area contributed by atoms with Crippen LogP contribution in [0.3, 0.4) is 0 Å². The van der Waals surface area contributed by atoms with Gasteiger partial charge in [-0.25, -0.2) is 0 Å². The molecule has 0 amide bonds. The van der Waals surface area contributed by atoms with Crippen LogP contribution in [0, 0.1) is 6.92 Å². The molecule has 116 valence electrons. The Morgan fingerprint density at radius 2 is 1.67 bits per heavy atom. The van der Waals surface area contributed by atoms with E-state index in [9.17, 15) is 0 Å². The summed E-state index contributed by atoms with van der Waals surface area (Å²) in [6, 6.07) is 9.35. The van der Waals surface area contributed by atoms with E-state index in [-0.39, 0.29) is 0 Å². The lowest BCUT2D eigenvalue weighted by Crippen LogP contribution is -2.42. The fourth-order valence-corrected chi connectivity index (χ4v) is 4.40. The van der Waals surface area contributed by atoms with Gasteiger partial charge in [0.25, 0.3) is 0 Å². The van der Waals surface area contributed by atoms with Gasteiger partial charge < -0.3 is 4.74 Å². The summed E-state index contributed by atoms with van der Waals surface area (Å²) in [6.07, 6.45) is 4.35. The highest BCUT2D eigenvalue weighted by Crippen LogP contribution is 2.36. The molecular weight excluding hydrogens is 298 g/mol. The average Bonchev–Trinajstić information content (AvgIpc) is 2.54. The number of ether oxygens (including phenoxy) is 1. The van der Waals surface area contributed by atoms with Crippen molar-refractivity contribution in [3.05, 3.63) is 39.6 Å². The van der Waals surface area contributed by atoms with Crippen molar-refractivity contribution in [3.63, 3.8) is 0 Å². The molecule has 0 N–H and O–H groups in total. The van der Waals surface area contributed by atoms with Gasteiger partial charge in [0, 0.05) is 23.4 Å². The first kappa shape index (κ1) is 16.9. The lowest BCUT2D eigenvalue weighted by atomic mass is 9.99. The van der Waals surface area contributed by atoms with Gasteiger partial charge in [-0.15, -0.1) is 23.5 Å². The molecule has 1 aliphatic rings. The Labute approximate surface area is 137 Å². The van der Waals surface area contributed by atoms with Crippen LogP contribution in [0.2, 0.25) is 0 Å². The summed E-state index contributed by atoms with van der Waals surface area (Å²) in [5, 5.41) is 0. The van der Waals surface area contributed by atoms with Gasteiger partial charge in [0.05, 0.1) is 13.2 Å². The molecule has 1 fully saturated rings. The topological polar surface area (TPSA) is 12.5 Å². The Morgan fingerprint density at radius 3 is 2.19 bits per heavy atom. The Bertz CT molecular complexity index is 472. The van der Waals surface area contributed by atoms with Gasteiger partial charge in [0.2, 0.25) is 0 Å². The molecule has 2 rings (SSSR count). The fraction of sp³-hybridized carbons (Fsp3) is 0.529. The first-order chi connectivity index (χ1) is 10.2. The molecule has 0 radical (unpaired) electrons. The standard InChI is InChI=1S/C17H25NOS2/c1-13-5-7-15(8-6-13)16(17(20-3)21-4)14(2)18-9-11-19-12-10-18/h5-8,14H,9-12H2,1-4H3. The second-order valence-electron chi connectivity index (χ2n) is 5.30. The molecule has 1 aromatic rings. The maximum Gasteiger partial charge on any atom is 0.0594 e. The van der Waals surface area contributed by atoms with Crippen LogP contribution >= 0.6 is 23.5 Å². The second kappa shape index (κ2) is 8.28. The third kappa shape index (κ3) is 4.28. The van der Waals surface area contributed by atoms with Crippen molar-refractivity contribution in [2.45, 2.75) is 19.9 Å². The number of hydrogen-bond donors (Lipinski definition) is 0. The smallest absolute Gasteiger partial charge is 0.0594 e. The number of morpholine rings is 1. The van der Waals surface area contributed by atoms with E-state index in [0.717, 1.165) is 26.3 Å². The normalized spacial score (nSPS) is 17.5. The van der Waals surface area contributed by atoms with Gasteiger partial charge in [0.1, 0.15) is 0 Å². The van der Waals surface area contributed by atoms with E-state index in [1.807, 2.05) is 23.5 Å². The van der Waals surface area contributed by atoms with E-state index in [2.05, 4.69) is 55.5 Å². The van der Waals surface area contributed by atoms with Crippen LogP contribution < -0.4 is 0 Å². The first-order valence-corrected chi connectivity index (χ1v) is 9.83. The maximum atomic E-state index is 5.50. The lowest BCUT2D eigenvalue weighted by molar-refractivity contribution is 0.0303. The molecule has 2 nitrogen and oxygen atoms in total. The van der Waals surface area contributed by atoms with Gasteiger partial charge in [-0.2, -0.15) is 0 Å². The molecule has 0 spiro atoms. The SMILES string of the molecule is CSC(SC)=C(c1ccc(C)cc1)C(C)N1CCOCC1. The van der Waals surface area contributed by atoms with E-state index in [1.165, 1.54) is 20.9 Å². The molecule has 1 atom stereocenters. The number of benzene rings is 1. The fourth-order valence-electron chi connectivity index (χ4n) is 2.71. The van der Waals surface area contributed by atoms with E-state index in [1.54, 1.807) is 0 Å². The van der Waals surface area contributed by atoms with Crippen LogP contribution in [-0.2, 0) is 4.74 Å². The summed E-state index contributed by atoms with van der Waals surface area (Å²) >= 11 is 3.71. The largest absolute Gasteiger partial charge is 0.379 e. The van der Waals surface area contributed by atoms with Gasteiger partial charge in [-0.3, -0.25) is 4.90 Å². The number of aryl methyl sites for hydroxylation is 1. The predicted octanol–water partition coefficient (Wildman–Crippen LogP) is 4.11. The minimum atomic E-state index is 0.423. The molecule has 0 saturated carbocycles. The van der Waals surface area contributed by atoms with Crippen molar-refractivity contribution in [1.29, 1.82) is 0 Å². The minimum absolute atomic E-state index is 0.423. The third-order valence-electron chi connectivity index (χ3n) is 3.96. The number of thioether (sulfide) groups is 2. The van der Waals surface area contributed by atoms with Gasteiger partial charge in [-0.1, -0.05) is 29.8 Å². The minimum Gasteiger partial charge on any atom is -0.379 e. The summed E-state index contributed by atoms with van der Waals surface area (Å²) in [4.78, 5) is 2.53. The monoisotopic (exact) mass is 323 g/mol. The number of nitrogens with zero attached hydrogens (tertiary/aromatic N) is 1. The number of hydrogen-bond acceptors (Lipinski definition) is 4. The van der Waals surface area contributed by atoms with Crippen molar-refractivity contribution in [3.8, 4) is 0 Å². The molecule has 1 unspecified atom stereocenters. The molecule has 1 aliphatic heterocycles. The van der Waals surface area contributed by atoms with Crippen molar-refractivity contribution in [2.24, 2.45) is 0 Å². The average molecular weight is 324 g/mol. The highest BCUT2D eigenvalue weighted by Gasteiger charge is 2.23. The highest BCUT2D eigenvalue weighted by atomic mass is 32.2. The zero-order chi connectivity index (χ0) is 15.2. The maximum absolute atomic E-state index is 5.50. The molecule has 0 aromatic heterocycles. The van der Waals surface area contributed by atoms with Crippen LogP contribution in [0.25, 0.3) is 5.57 Å². The molecule has 0 aliphatic carbocycles. The third-order valence-corrected chi connectivity index (χ3v) is 6.15. The van der Waals surface area contributed by atoms with Crippen molar-refractivity contribution in [1.82, 2.24) is 4.90 Å². The first-order valence-electron chi connectivity index (χ1n) is 7.38. The van der Waals surface area contributed by atoms with E-state index in [0.29, 0.717) is 6.04 Å². The Balaban J connectivity index is 2.36. The molecule has 4 heteroatoms. The highest BCUT2D eigenvalue weighted by molar-refractivity contribution is 8.21. The number of rotatable bonds is 5. The van der Waals surface area contributed by atoms with Crippen LogP contribution in [0.1, 0.15) is 18.1 Å². The molecule has 1 heterocycles. The van der Waals surface area contributed by atoms with Crippen molar-refractivity contribution in [2.75, 3.05) is 38.8 Å². The van der Waals surface area contributed by atoms with Gasteiger partial charge >= 0.3 is 0 Å². The zero-order valence-electron chi connectivity index (χ0n) is 13.4. The molecule has 21 heavy (non-hydrogen) atoms. The van der Waals surface area contributed by atoms with Gasteiger partial charge in [-0.05, 0) is 37.5 Å². The Morgan fingerprint density at radius 1 is 1.10 bits per heavy atom. The van der Waals surface area contributed by atoms with Crippen LogP contribution in [0.4, 0.5) is 0 Å². The Kier molecular flexibility index (Phi) is 6.68. The zero-order valence-corrected chi connectivity index (χ0v) is 15.0. The van der Waals surface area contributed by atoms with Crippen LogP contribution in [0.15, 0.2) is 28.5 Å². The predicted molar refractivity (Wildman–Crippen MR) is 97.0 cm³/mol. The van der Waals surface area contributed by atoms with Crippen LogP contribution in [-0.4, -0.2) is 49.8 Å².